The Morgan fingerprint density at radius 2 is 1.84 bits per heavy atom. The zero-order valence-corrected chi connectivity index (χ0v) is 12.0. The number of anilines is 3. The molecular formula is C12H13Cl2N5. The number of aromatic nitrogens is 3. The molecule has 0 fully saturated rings. The van der Waals surface area contributed by atoms with Crippen molar-refractivity contribution in [1.82, 2.24) is 15.2 Å². The molecule has 0 spiro atoms. The summed E-state index contributed by atoms with van der Waals surface area (Å²) in [7, 11) is 0. The van der Waals surface area contributed by atoms with Crippen LogP contribution in [0.5, 0.6) is 0 Å². The molecular weight excluding hydrogens is 285 g/mol. The molecule has 0 aliphatic carbocycles. The minimum absolute atomic E-state index is 0.258. The van der Waals surface area contributed by atoms with Crippen LogP contribution < -0.4 is 10.6 Å². The second kappa shape index (κ2) is 6.04. The molecule has 5 nitrogen and oxygen atoms in total. The Hall–Kier alpha value is -1.59. The van der Waals surface area contributed by atoms with Gasteiger partial charge < -0.3 is 10.6 Å². The fraction of sp³-hybridized carbons (Fsp3) is 0.250. The van der Waals surface area contributed by atoms with E-state index in [1.165, 1.54) is 0 Å². The van der Waals surface area contributed by atoms with E-state index in [2.05, 4.69) is 25.8 Å². The topological polar surface area (TPSA) is 62.7 Å². The van der Waals surface area contributed by atoms with E-state index in [-0.39, 0.29) is 6.04 Å². The Labute approximate surface area is 121 Å². The van der Waals surface area contributed by atoms with Gasteiger partial charge in [-0.1, -0.05) is 29.3 Å². The summed E-state index contributed by atoms with van der Waals surface area (Å²) in [6, 6.07) is 5.50. The molecule has 0 unspecified atom stereocenters. The third-order valence-corrected chi connectivity index (χ3v) is 2.82. The average Bonchev–Trinajstić information content (AvgIpc) is 2.34. The van der Waals surface area contributed by atoms with Crippen molar-refractivity contribution in [2.75, 3.05) is 10.6 Å². The van der Waals surface area contributed by atoms with Crippen molar-refractivity contribution < 1.29 is 0 Å². The lowest BCUT2D eigenvalue weighted by Crippen LogP contribution is -2.12. The summed E-state index contributed by atoms with van der Waals surface area (Å²) in [5.41, 5.74) is 0.564. The van der Waals surface area contributed by atoms with Gasteiger partial charge in [0.25, 0.3) is 0 Å². The first-order valence-corrected chi connectivity index (χ1v) is 6.49. The molecule has 2 aromatic rings. The van der Waals surface area contributed by atoms with Gasteiger partial charge in [0, 0.05) is 6.04 Å². The van der Waals surface area contributed by atoms with Gasteiger partial charge in [0.05, 0.1) is 21.9 Å². The average molecular weight is 298 g/mol. The van der Waals surface area contributed by atoms with Crippen molar-refractivity contribution in [3.8, 4) is 0 Å². The number of halogens is 2. The van der Waals surface area contributed by atoms with Crippen molar-refractivity contribution in [3.63, 3.8) is 0 Å². The second-order valence-corrected chi connectivity index (χ2v) is 5.00. The van der Waals surface area contributed by atoms with Gasteiger partial charge in [0.1, 0.15) is 0 Å². The zero-order chi connectivity index (χ0) is 13.8. The Balaban J connectivity index is 2.24. The summed E-state index contributed by atoms with van der Waals surface area (Å²) in [6.45, 7) is 4.03. The summed E-state index contributed by atoms with van der Waals surface area (Å²) in [4.78, 5) is 4.28. The van der Waals surface area contributed by atoms with Crippen molar-refractivity contribution in [3.05, 3.63) is 34.4 Å². The zero-order valence-electron chi connectivity index (χ0n) is 10.5. The molecule has 1 heterocycles. The summed E-state index contributed by atoms with van der Waals surface area (Å²) in [6.07, 6.45) is 1.55. The molecule has 0 saturated carbocycles. The molecule has 2 N–H and O–H groups in total. The van der Waals surface area contributed by atoms with Crippen LogP contribution >= 0.6 is 23.2 Å². The van der Waals surface area contributed by atoms with Crippen LogP contribution in [-0.4, -0.2) is 21.2 Å². The number of hydrogen-bond acceptors (Lipinski definition) is 5. The molecule has 0 aliphatic rings. The van der Waals surface area contributed by atoms with E-state index in [1.54, 1.807) is 24.4 Å². The summed E-state index contributed by atoms with van der Waals surface area (Å²) < 4.78 is 0. The van der Waals surface area contributed by atoms with Crippen LogP contribution in [-0.2, 0) is 0 Å². The van der Waals surface area contributed by atoms with E-state index < -0.39 is 0 Å². The SMILES string of the molecule is CC(C)Nc1cnnc(Nc2c(Cl)cccc2Cl)n1. The highest BCUT2D eigenvalue weighted by molar-refractivity contribution is 6.39. The van der Waals surface area contributed by atoms with Gasteiger partial charge >= 0.3 is 0 Å². The molecule has 1 aromatic carbocycles. The standard InChI is InChI=1S/C12H13Cl2N5/c1-7(2)16-10-6-15-19-12(17-10)18-11-8(13)4-3-5-9(11)14/h3-7H,1-2H3,(H2,16,17,18,19). The number of nitrogens with zero attached hydrogens (tertiary/aromatic N) is 3. The molecule has 0 bridgehead atoms. The van der Waals surface area contributed by atoms with Crippen LogP contribution in [0.3, 0.4) is 0 Å². The monoisotopic (exact) mass is 297 g/mol. The number of benzene rings is 1. The van der Waals surface area contributed by atoms with Crippen molar-refractivity contribution in [2.24, 2.45) is 0 Å². The van der Waals surface area contributed by atoms with E-state index in [4.69, 9.17) is 23.2 Å². The van der Waals surface area contributed by atoms with Crippen LogP contribution in [0, 0.1) is 0 Å². The maximum absolute atomic E-state index is 6.07. The third kappa shape index (κ3) is 3.68. The van der Waals surface area contributed by atoms with E-state index in [1.807, 2.05) is 13.8 Å². The fourth-order valence-electron chi connectivity index (χ4n) is 1.45. The van der Waals surface area contributed by atoms with Crippen LogP contribution in [0.25, 0.3) is 0 Å². The van der Waals surface area contributed by atoms with Gasteiger partial charge in [-0.05, 0) is 26.0 Å². The lowest BCUT2D eigenvalue weighted by atomic mass is 10.3. The van der Waals surface area contributed by atoms with E-state index >= 15 is 0 Å². The highest BCUT2D eigenvalue weighted by Crippen LogP contribution is 2.31. The first-order valence-electron chi connectivity index (χ1n) is 5.73. The summed E-state index contributed by atoms with van der Waals surface area (Å²) in [5, 5.41) is 14.9. The summed E-state index contributed by atoms with van der Waals surface area (Å²) in [5.74, 6) is 0.969. The van der Waals surface area contributed by atoms with Gasteiger partial charge in [-0.2, -0.15) is 10.1 Å². The maximum Gasteiger partial charge on any atom is 0.249 e. The molecule has 1 aromatic heterocycles. The van der Waals surface area contributed by atoms with Gasteiger partial charge in [-0.3, -0.25) is 0 Å². The number of rotatable bonds is 4. The second-order valence-electron chi connectivity index (χ2n) is 4.19. The molecule has 0 atom stereocenters. The maximum atomic E-state index is 6.07. The Kier molecular flexibility index (Phi) is 4.39. The molecule has 0 aliphatic heterocycles. The largest absolute Gasteiger partial charge is 0.366 e. The Bertz CT molecular complexity index is 554. The van der Waals surface area contributed by atoms with Gasteiger partial charge in [-0.15, -0.1) is 5.10 Å². The van der Waals surface area contributed by atoms with Gasteiger partial charge in [-0.25, -0.2) is 0 Å². The van der Waals surface area contributed by atoms with E-state index in [0.29, 0.717) is 27.5 Å². The number of para-hydroxylation sites is 1. The quantitative estimate of drug-likeness (QED) is 0.900. The minimum Gasteiger partial charge on any atom is -0.366 e. The van der Waals surface area contributed by atoms with E-state index in [0.717, 1.165) is 0 Å². The Morgan fingerprint density at radius 1 is 1.16 bits per heavy atom. The van der Waals surface area contributed by atoms with Crippen LogP contribution in [0.2, 0.25) is 10.0 Å². The van der Waals surface area contributed by atoms with Crippen molar-refractivity contribution >= 4 is 40.7 Å². The molecule has 0 saturated heterocycles. The lowest BCUT2D eigenvalue weighted by molar-refractivity contribution is 0.873. The predicted molar refractivity (Wildman–Crippen MR) is 78.3 cm³/mol. The molecule has 7 heteroatoms. The Morgan fingerprint density at radius 3 is 2.47 bits per heavy atom. The van der Waals surface area contributed by atoms with Crippen LogP contribution in [0.4, 0.5) is 17.5 Å². The van der Waals surface area contributed by atoms with Gasteiger partial charge in [0.2, 0.25) is 5.95 Å². The predicted octanol–water partition coefficient (Wildman–Crippen LogP) is 3.74. The molecule has 0 amide bonds. The molecule has 0 radical (unpaired) electrons. The van der Waals surface area contributed by atoms with Crippen LogP contribution in [0.15, 0.2) is 24.4 Å². The minimum atomic E-state index is 0.258. The van der Waals surface area contributed by atoms with E-state index in [9.17, 15) is 0 Å². The normalized spacial score (nSPS) is 10.6. The first-order chi connectivity index (χ1) is 9.06. The summed E-state index contributed by atoms with van der Waals surface area (Å²) >= 11 is 12.1. The highest BCUT2D eigenvalue weighted by Gasteiger charge is 2.08. The molecule has 2 rings (SSSR count). The highest BCUT2D eigenvalue weighted by atomic mass is 35.5. The third-order valence-electron chi connectivity index (χ3n) is 2.19. The molecule has 100 valence electrons. The smallest absolute Gasteiger partial charge is 0.249 e. The van der Waals surface area contributed by atoms with Crippen molar-refractivity contribution in [1.29, 1.82) is 0 Å². The number of hydrogen-bond donors (Lipinski definition) is 2. The van der Waals surface area contributed by atoms with Gasteiger partial charge in [0.15, 0.2) is 5.82 Å². The van der Waals surface area contributed by atoms with Crippen LogP contribution in [0.1, 0.15) is 13.8 Å². The molecule has 19 heavy (non-hydrogen) atoms. The van der Waals surface area contributed by atoms with Crippen molar-refractivity contribution in [2.45, 2.75) is 19.9 Å². The number of nitrogens with one attached hydrogen (secondary N) is 2. The fourth-order valence-corrected chi connectivity index (χ4v) is 1.94. The first kappa shape index (κ1) is 13.8. The lowest BCUT2D eigenvalue weighted by Gasteiger charge is -2.11.